The monoisotopic (exact) mass is 396 g/mol. The van der Waals surface area contributed by atoms with Crippen molar-refractivity contribution in [3.05, 3.63) is 47.3 Å². The van der Waals surface area contributed by atoms with E-state index in [2.05, 4.69) is 10.0 Å². The lowest BCUT2D eigenvalue weighted by molar-refractivity contribution is -0.118. The second-order valence-electron chi connectivity index (χ2n) is 5.77. The Bertz CT molecular complexity index is 804. The molecular formula is C18H24N2O4S2. The van der Waals surface area contributed by atoms with Crippen LogP contribution in [0.5, 0.6) is 5.75 Å². The first-order valence-corrected chi connectivity index (χ1v) is 10.7. The zero-order valence-electron chi connectivity index (χ0n) is 14.9. The van der Waals surface area contributed by atoms with E-state index in [0.29, 0.717) is 19.4 Å². The predicted molar refractivity (Wildman–Crippen MR) is 103 cm³/mol. The number of carbonyl (C=O) groups excluding carboxylic acids is 1. The molecule has 142 valence electrons. The van der Waals surface area contributed by atoms with Gasteiger partial charge in [0, 0.05) is 24.9 Å². The van der Waals surface area contributed by atoms with Gasteiger partial charge in [-0.2, -0.15) is 0 Å². The molecule has 0 aliphatic rings. The van der Waals surface area contributed by atoms with Crippen LogP contribution < -0.4 is 14.8 Å². The van der Waals surface area contributed by atoms with Gasteiger partial charge in [-0.25, -0.2) is 13.1 Å². The van der Waals surface area contributed by atoms with Crippen LogP contribution in [0.25, 0.3) is 0 Å². The lowest BCUT2D eigenvalue weighted by Gasteiger charge is -2.18. The van der Waals surface area contributed by atoms with E-state index >= 15 is 0 Å². The van der Waals surface area contributed by atoms with Crippen LogP contribution in [-0.2, 0) is 21.2 Å². The fraction of sp³-hybridized carbons (Fsp3) is 0.389. The van der Waals surface area contributed by atoms with Gasteiger partial charge in [0.2, 0.25) is 15.9 Å². The average Bonchev–Trinajstić information content (AvgIpc) is 3.09. The Morgan fingerprint density at radius 3 is 2.58 bits per heavy atom. The van der Waals surface area contributed by atoms with E-state index < -0.39 is 10.0 Å². The second-order valence-corrected chi connectivity index (χ2v) is 8.93. The van der Waals surface area contributed by atoms with Crippen molar-refractivity contribution < 1.29 is 17.9 Å². The number of hydrogen-bond acceptors (Lipinski definition) is 5. The number of thiophene rings is 1. The fourth-order valence-electron chi connectivity index (χ4n) is 2.23. The van der Waals surface area contributed by atoms with E-state index in [0.717, 1.165) is 10.6 Å². The third kappa shape index (κ3) is 6.44. The predicted octanol–water partition coefficient (Wildman–Crippen LogP) is 2.56. The van der Waals surface area contributed by atoms with Crippen LogP contribution in [0.3, 0.4) is 0 Å². The Kier molecular flexibility index (Phi) is 7.62. The minimum Gasteiger partial charge on any atom is -0.489 e. The van der Waals surface area contributed by atoms with E-state index in [9.17, 15) is 13.2 Å². The molecule has 0 bridgehead atoms. The number of amides is 1. The van der Waals surface area contributed by atoms with Gasteiger partial charge in [0.1, 0.15) is 16.1 Å². The molecule has 1 aromatic heterocycles. The molecule has 2 N–H and O–H groups in total. The van der Waals surface area contributed by atoms with E-state index in [-0.39, 0.29) is 22.8 Å². The molecule has 2 rings (SSSR count). The van der Waals surface area contributed by atoms with E-state index in [1.807, 2.05) is 37.3 Å². The highest BCUT2D eigenvalue weighted by Gasteiger charge is 2.19. The number of ether oxygens (including phenoxy) is 1. The van der Waals surface area contributed by atoms with Crippen molar-refractivity contribution in [2.45, 2.75) is 37.0 Å². The van der Waals surface area contributed by atoms with Gasteiger partial charge in [-0.05, 0) is 37.1 Å². The number of carbonyl (C=O) groups is 1. The summed E-state index contributed by atoms with van der Waals surface area (Å²) >= 11 is 1.21. The zero-order chi connectivity index (χ0) is 19.0. The van der Waals surface area contributed by atoms with Crippen molar-refractivity contribution >= 4 is 27.3 Å². The number of rotatable bonds is 10. The van der Waals surface area contributed by atoms with Gasteiger partial charge in [0.25, 0.3) is 0 Å². The zero-order valence-corrected chi connectivity index (χ0v) is 16.5. The summed E-state index contributed by atoms with van der Waals surface area (Å²) in [6.45, 7) is 4.10. The summed E-state index contributed by atoms with van der Waals surface area (Å²) in [5.74, 6) is 0.620. The normalized spacial score (nSPS) is 12.5. The summed E-state index contributed by atoms with van der Waals surface area (Å²) in [5, 5.41) is 2.70. The van der Waals surface area contributed by atoms with Gasteiger partial charge in [-0.15, -0.1) is 11.3 Å². The van der Waals surface area contributed by atoms with Crippen molar-refractivity contribution in [1.82, 2.24) is 10.0 Å². The molecule has 2 aromatic rings. The first-order valence-electron chi connectivity index (χ1n) is 8.45. The van der Waals surface area contributed by atoms with Crippen molar-refractivity contribution in [2.24, 2.45) is 0 Å². The molecule has 1 heterocycles. The summed E-state index contributed by atoms with van der Waals surface area (Å²) in [7, 11) is -3.58. The summed E-state index contributed by atoms with van der Waals surface area (Å²) in [5.41, 5.74) is 0. The quantitative estimate of drug-likeness (QED) is 0.646. The highest BCUT2D eigenvalue weighted by Crippen LogP contribution is 2.22. The van der Waals surface area contributed by atoms with Gasteiger partial charge in [0.05, 0.1) is 0 Å². The number of hydrogen-bond donors (Lipinski definition) is 2. The first-order chi connectivity index (χ1) is 12.4. The summed E-state index contributed by atoms with van der Waals surface area (Å²) < 4.78 is 33.7. The minimum absolute atomic E-state index is 0.0971. The molecule has 1 unspecified atom stereocenters. The second kappa shape index (κ2) is 9.70. The Labute approximate surface area is 158 Å². The van der Waals surface area contributed by atoms with Crippen LogP contribution in [-0.4, -0.2) is 33.5 Å². The lowest BCUT2D eigenvalue weighted by Crippen LogP contribution is -2.34. The molecule has 26 heavy (non-hydrogen) atoms. The van der Waals surface area contributed by atoms with Crippen LogP contribution in [0.15, 0.2) is 46.7 Å². The van der Waals surface area contributed by atoms with Gasteiger partial charge in [-0.3, -0.25) is 4.79 Å². The van der Waals surface area contributed by atoms with E-state index in [1.54, 1.807) is 12.1 Å². The minimum atomic E-state index is -3.58. The molecular weight excluding hydrogens is 372 g/mol. The highest BCUT2D eigenvalue weighted by atomic mass is 32.2. The molecule has 0 aliphatic carbocycles. The van der Waals surface area contributed by atoms with Crippen LogP contribution in [0, 0.1) is 0 Å². The summed E-state index contributed by atoms with van der Waals surface area (Å²) in [4.78, 5) is 11.8. The Balaban J connectivity index is 1.91. The Hall–Kier alpha value is -1.90. The van der Waals surface area contributed by atoms with Crippen molar-refractivity contribution in [2.75, 3.05) is 13.1 Å². The Morgan fingerprint density at radius 2 is 1.92 bits per heavy atom. The van der Waals surface area contributed by atoms with Crippen molar-refractivity contribution in [1.29, 1.82) is 0 Å². The Morgan fingerprint density at radius 1 is 1.19 bits per heavy atom. The molecule has 1 atom stereocenters. The molecule has 1 aromatic carbocycles. The first kappa shape index (κ1) is 20.4. The number of para-hydroxylation sites is 1. The van der Waals surface area contributed by atoms with Gasteiger partial charge in [-0.1, -0.05) is 25.1 Å². The van der Waals surface area contributed by atoms with Gasteiger partial charge < -0.3 is 10.1 Å². The van der Waals surface area contributed by atoms with Crippen molar-refractivity contribution in [3.63, 3.8) is 0 Å². The molecule has 0 saturated heterocycles. The molecule has 1 amide bonds. The molecule has 0 fully saturated rings. The van der Waals surface area contributed by atoms with Crippen LogP contribution in [0.4, 0.5) is 0 Å². The molecule has 0 aliphatic heterocycles. The van der Waals surface area contributed by atoms with Gasteiger partial charge in [0.15, 0.2) is 0 Å². The molecule has 0 spiro atoms. The van der Waals surface area contributed by atoms with Crippen LogP contribution in [0.1, 0.15) is 25.1 Å². The van der Waals surface area contributed by atoms with Crippen molar-refractivity contribution in [3.8, 4) is 5.75 Å². The van der Waals surface area contributed by atoms with E-state index in [1.165, 1.54) is 18.3 Å². The van der Waals surface area contributed by atoms with Gasteiger partial charge >= 0.3 is 0 Å². The standard InChI is InChI=1S/C18H24N2O4S2/c1-3-15(24-16-7-5-4-6-8-16)13-20-26(22,23)18-10-9-17(25-18)11-12-19-14(2)21/h4-10,15,20H,3,11-13H2,1-2H3,(H,19,21). The number of benzene rings is 1. The van der Waals surface area contributed by atoms with Crippen LogP contribution >= 0.6 is 11.3 Å². The SMILES string of the molecule is CCC(CNS(=O)(=O)c1ccc(CCNC(C)=O)s1)Oc1ccccc1. The number of nitrogens with one attached hydrogen (secondary N) is 2. The molecule has 0 saturated carbocycles. The molecule has 6 nitrogen and oxygen atoms in total. The fourth-order valence-corrected chi connectivity index (χ4v) is 4.70. The number of sulfonamides is 1. The third-order valence-electron chi connectivity index (χ3n) is 3.65. The molecule has 8 heteroatoms. The maximum absolute atomic E-state index is 12.5. The topological polar surface area (TPSA) is 84.5 Å². The largest absolute Gasteiger partial charge is 0.489 e. The third-order valence-corrected chi connectivity index (χ3v) is 6.71. The maximum Gasteiger partial charge on any atom is 0.250 e. The summed E-state index contributed by atoms with van der Waals surface area (Å²) in [6.07, 6.45) is 1.05. The average molecular weight is 397 g/mol. The smallest absolute Gasteiger partial charge is 0.250 e. The van der Waals surface area contributed by atoms with E-state index in [4.69, 9.17) is 4.74 Å². The maximum atomic E-state index is 12.5. The highest BCUT2D eigenvalue weighted by molar-refractivity contribution is 7.91. The van der Waals surface area contributed by atoms with Crippen LogP contribution in [0.2, 0.25) is 0 Å². The summed E-state index contributed by atoms with van der Waals surface area (Å²) in [6, 6.07) is 12.7. The lowest BCUT2D eigenvalue weighted by atomic mass is 10.2. The molecule has 0 radical (unpaired) electrons.